The number of rotatable bonds is 8. The summed E-state index contributed by atoms with van der Waals surface area (Å²) in [4.78, 5) is 25.0. The van der Waals surface area contributed by atoms with Gasteiger partial charge in [0.2, 0.25) is 11.8 Å². The van der Waals surface area contributed by atoms with E-state index in [-0.39, 0.29) is 24.1 Å². The number of amides is 2. The summed E-state index contributed by atoms with van der Waals surface area (Å²) < 4.78 is 12.9. The van der Waals surface area contributed by atoms with Crippen LogP contribution in [0.5, 0.6) is 0 Å². The van der Waals surface area contributed by atoms with E-state index in [1.54, 1.807) is 17.0 Å². The SMILES string of the molecule is CC(=O)N(CCC(=O)NCCC(C)C)Cc1ccc(F)cc1. The van der Waals surface area contributed by atoms with Gasteiger partial charge in [-0.1, -0.05) is 26.0 Å². The molecule has 1 aromatic rings. The maximum absolute atomic E-state index is 12.9. The van der Waals surface area contributed by atoms with E-state index in [1.165, 1.54) is 19.1 Å². The standard InChI is InChI=1S/C17H25FN2O2/c1-13(2)8-10-19-17(22)9-11-20(14(3)21)12-15-4-6-16(18)7-5-15/h4-7,13H,8-12H2,1-3H3,(H,19,22). The second kappa shape index (κ2) is 9.18. The molecule has 0 radical (unpaired) electrons. The highest BCUT2D eigenvalue weighted by atomic mass is 19.1. The Hall–Kier alpha value is -1.91. The number of carbonyl (C=O) groups is 2. The topological polar surface area (TPSA) is 49.4 Å². The van der Waals surface area contributed by atoms with E-state index in [1.807, 2.05) is 0 Å². The summed E-state index contributed by atoms with van der Waals surface area (Å²) in [5, 5.41) is 2.85. The third-order valence-electron chi connectivity index (χ3n) is 3.38. The molecule has 0 aliphatic carbocycles. The predicted octanol–water partition coefficient (Wildman–Crippen LogP) is 2.73. The van der Waals surface area contributed by atoms with E-state index < -0.39 is 0 Å². The first-order valence-corrected chi connectivity index (χ1v) is 7.65. The molecule has 0 saturated heterocycles. The Kier molecular flexibility index (Phi) is 7.57. The number of nitrogens with one attached hydrogen (secondary N) is 1. The van der Waals surface area contributed by atoms with Crippen molar-refractivity contribution in [2.75, 3.05) is 13.1 Å². The van der Waals surface area contributed by atoms with Crippen molar-refractivity contribution in [1.82, 2.24) is 10.2 Å². The molecule has 0 bridgehead atoms. The lowest BCUT2D eigenvalue weighted by molar-refractivity contribution is -0.130. The molecule has 0 aliphatic rings. The van der Waals surface area contributed by atoms with Crippen molar-refractivity contribution < 1.29 is 14.0 Å². The number of hydrogen-bond donors (Lipinski definition) is 1. The summed E-state index contributed by atoms with van der Waals surface area (Å²) in [7, 11) is 0. The Morgan fingerprint density at radius 1 is 1.23 bits per heavy atom. The number of nitrogens with zero attached hydrogens (tertiary/aromatic N) is 1. The lowest BCUT2D eigenvalue weighted by Gasteiger charge is -2.21. The minimum absolute atomic E-state index is 0.0500. The van der Waals surface area contributed by atoms with Crippen LogP contribution in [0.15, 0.2) is 24.3 Å². The molecule has 0 aromatic heterocycles. The van der Waals surface area contributed by atoms with Crippen LogP contribution in [0.4, 0.5) is 4.39 Å². The van der Waals surface area contributed by atoms with Gasteiger partial charge in [0, 0.05) is 33.0 Å². The van der Waals surface area contributed by atoms with Gasteiger partial charge in [-0.3, -0.25) is 9.59 Å². The predicted molar refractivity (Wildman–Crippen MR) is 84.6 cm³/mol. The average Bonchev–Trinajstić information content (AvgIpc) is 2.44. The molecule has 1 rings (SSSR count). The number of halogens is 1. The Morgan fingerprint density at radius 3 is 2.41 bits per heavy atom. The van der Waals surface area contributed by atoms with Gasteiger partial charge in [-0.05, 0) is 30.0 Å². The molecule has 4 nitrogen and oxygen atoms in total. The molecule has 0 unspecified atom stereocenters. The Morgan fingerprint density at radius 2 is 1.86 bits per heavy atom. The molecular weight excluding hydrogens is 283 g/mol. The Bertz CT molecular complexity index is 486. The fraction of sp³-hybridized carbons (Fsp3) is 0.529. The van der Waals surface area contributed by atoms with Gasteiger partial charge in [0.15, 0.2) is 0 Å². The van der Waals surface area contributed by atoms with Crippen molar-refractivity contribution in [3.63, 3.8) is 0 Å². The van der Waals surface area contributed by atoms with Crippen LogP contribution >= 0.6 is 0 Å². The van der Waals surface area contributed by atoms with E-state index in [0.29, 0.717) is 25.6 Å². The molecule has 0 atom stereocenters. The minimum Gasteiger partial charge on any atom is -0.356 e. The van der Waals surface area contributed by atoms with Crippen LogP contribution in [0.2, 0.25) is 0 Å². The van der Waals surface area contributed by atoms with Crippen LogP contribution in [0.3, 0.4) is 0 Å². The molecule has 0 aliphatic heterocycles. The van der Waals surface area contributed by atoms with Crippen LogP contribution in [-0.4, -0.2) is 29.8 Å². The molecule has 0 heterocycles. The summed E-state index contributed by atoms with van der Waals surface area (Å²) in [5.41, 5.74) is 0.844. The van der Waals surface area contributed by atoms with Crippen molar-refractivity contribution in [3.05, 3.63) is 35.6 Å². The zero-order valence-corrected chi connectivity index (χ0v) is 13.6. The first-order valence-electron chi connectivity index (χ1n) is 7.65. The van der Waals surface area contributed by atoms with Crippen molar-refractivity contribution >= 4 is 11.8 Å². The van der Waals surface area contributed by atoms with Gasteiger partial charge in [-0.25, -0.2) is 4.39 Å². The number of carbonyl (C=O) groups excluding carboxylic acids is 2. The van der Waals surface area contributed by atoms with Gasteiger partial charge < -0.3 is 10.2 Å². The molecule has 0 saturated carbocycles. The molecule has 122 valence electrons. The summed E-state index contributed by atoms with van der Waals surface area (Å²) in [6.07, 6.45) is 1.22. The molecule has 0 spiro atoms. The van der Waals surface area contributed by atoms with Gasteiger partial charge in [-0.15, -0.1) is 0 Å². The van der Waals surface area contributed by atoms with E-state index >= 15 is 0 Å². The average molecular weight is 308 g/mol. The van der Waals surface area contributed by atoms with E-state index in [4.69, 9.17) is 0 Å². The van der Waals surface area contributed by atoms with Crippen LogP contribution < -0.4 is 5.32 Å². The van der Waals surface area contributed by atoms with Crippen LogP contribution in [0.1, 0.15) is 39.2 Å². The molecule has 2 amide bonds. The fourth-order valence-electron chi connectivity index (χ4n) is 1.98. The molecule has 22 heavy (non-hydrogen) atoms. The van der Waals surface area contributed by atoms with Gasteiger partial charge in [0.1, 0.15) is 5.82 Å². The van der Waals surface area contributed by atoms with Crippen LogP contribution in [0.25, 0.3) is 0 Å². The molecule has 1 aromatic carbocycles. The maximum atomic E-state index is 12.9. The number of benzene rings is 1. The molecular formula is C17H25FN2O2. The lowest BCUT2D eigenvalue weighted by Crippen LogP contribution is -2.34. The van der Waals surface area contributed by atoms with Gasteiger partial charge in [0.25, 0.3) is 0 Å². The zero-order valence-electron chi connectivity index (χ0n) is 13.6. The second-order valence-electron chi connectivity index (χ2n) is 5.85. The van der Waals surface area contributed by atoms with Crippen molar-refractivity contribution in [2.45, 2.75) is 40.2 Å². The Balaban J connectivity index is 2.42. The van der Waals surface area contributed by atoms with E-state index in [2.05, 4.69) is 19.2 Å². The highest BCUT2D eigenvalue weighted by molar-refractivity contribution is 5.78. The summed E-state index contributed by atoms with van der Waals surface area (Å²) in [6, 6.07) is 6.03. The molecule has 0 fully saturated rings. The minimum atomic E-state index is -0.303. The third kappa shape index (κ3) is 7.20. The van der Waals surface area contributed by atoms with Crippen LogP contribution in [0, 0.1) is 11.7 Å². The fourth-order valence-corrected chi connectivity index (χ4v) is 1.98. The smallest absolute Gasteiger partial charge is 0.221 e. The van der Waals surface area contributed by atoms with Crippen LogP contribution in [-0.2, 0) is 16.1 Å². The highest BCUT2D eigenvalue weighted by Gasteiger charge is 2.12. The van der Waals surface area contributed by atoms with Gasteiger partial charge in [0.05, 0.1) is 0 Å². The van der Waals surface area contributed by atoms with Gasteiger partial charge in [-0.2, -0.15) is 0 Å². The zero-order chi connectivity index (χ0) is 16.5. The summed E-state index contributed by atoms with van der Waals surface area (Å²) in [5.74, 6) is 0.0976. The highest BCUT2D eigenvalue weighted by Crippen LogP contribution is 2.07. The molecule has 5 heteroatoms. The summed E-state index contributed by atoms with van der Waals surface area (Å²) in [6.45, 7) is 7.09. The van der Waals surface area contributed by atoms with Crippen molar-refractivity contribution in [2.24, 2.45) is 5.92 Å². The quantitative estimate of drug-likeness (QED) is 0.803. The second-order valence-corrected chi connectivity index (χ2v) is 5.85. The third-order valence-corrected chi connectivity index (χ3v) is 3.38. The largest absolute Gasteiger partial charge is 0.356 e. The first kappa shape index (κ1) is 18.1. The normalized spacial score (nSPS) is 10.6. The Labute approximate surface area is 131 Å². The van der Waals surface area contributed by atoms with E-state index in [0.717, 1.165) is 12.0 Å². The van der Waals surface area contributed by atoms with Gasteiger partial charge >= 0.3 is 0 Å². The summed E-state index contributed by atoms with van der Waals surface area (Å²) >= 11 is 0. The monoisotopic (exact) mass is 308 g/mol. The van der Waals surface area contributed by atoms with E-state index in [9.17, 15) is 14.0 Å². The lowest BCUT2D eigenvalue weighted by atomic mass is 10.1. The van der Waals surface area contributed by atoms with Crippen molar-refractivity contribution in [1.29, 1.82) is 0 Å². The number of hydrogen-bond acceptors (Lipinski definition) is 2. The van der Waals surface area contributed by atoms with Crippen molar-refractivity contribution in [3.8, 4) is 0 Å². The first-order chi connectivity index (χ1) is 10.4. The maximum Gasteiger partial charge on any atom is 0.221 e. The molecule has 1 N–H and O–H groups in total.